The fourth-order valence-electron chi connectivity index (χ4n) is 2.26. The van der Waals surface area contributed by atoms with E-state index in [0.717, 1.165) is 12.8 Å². The standard InChI is InChI=1S/C13H19N3O5S/c1-9-6-10(21-16-9)7-22(19,20)8-12(17)15-11-4-2-3-5-14-13(11)18/h6,11H,2-5,7-8H2,1H3,(H,14,18)(H,15,17)/t11-/m0/s1. The molecule has 1 aliphatic rings. The Balaban J connectivity index is 1.91. The van der Waals surface area contributed by atoms with Crippen LogP contribution in [0.3, 0.4) is 0 Å². The maximum absolute atomic E-state index is 12.0. The Hall–Kier alpha value is -1.90. The number of carbonyl (C=O) groups is 2. The average molecular weight is 329 g/mol. The molecular formula is C13H19N3O5S. The molecule has 2 N–H and O–H groups in total. The van der Waals surface area contributed by atoms with Crippen LogP contribution in [0.4, 0.5) is 0 Å². The van der Waals surface area contributed by atoms with Crippen molar-refractivity contribution in [2.24, 2.45) is 0 Å². The third-order valence-corrected chi connectivity index (χ3v) is 4.69. The molecule has 2 amide bonds. The summed E-state index contributed by atoms with van der Waals surface area (Å²) >= 11 is 0. The summed E-state index contributed by atoms with van der Waals surface area (Å²) in [6.45, 7) is 2.26. The highest BCUT2D eigenvalue weighted by molar-refractivity contribution is 7.91. The van der Waals surface area contributed by atoms with Gasteiger partial charge in [0, 0.05) is 12.6 Å². The molecule has 0 spiro atoms. The first-order valence-electron chi connectivity index (χ1n) is 7.05. The Kier molecular flexibility index (Phi) is 5.17. The van der Waals surface area contributed by atoms with Crippen LogP contribution in [0.1, 0.15) is 30.7 Å². The van der Waals surface area contributed by atoms with Crippen molar-refractivity contribution < 1.29 is 22.5 Å². The Morgan fingerprint density at radius 2 is 2.27 bits per heavy atom. The van der Waals surface area contributed by atoms with Crippen LogP contribution >= 0.6 is 0 Å². The second-order valence-corrected chi connectivity index (χ2v) is 7.44. The summed E-state index contributed by atoms with van der Waals surface area (Å²) in [5, 5.41) is 8.76. The zero-order chi connectivity index (χ0) is 16.2. The van der Waals surface area contributed by atoms with Crippen molar-refractivity contribution in [3.63, 3.8) is 0 Å². The molecule has 1 aromatic rings. The third kappa shape index (κ3) is 4.83. The van der Waals surface area contributed by atoms with Gasteiger partial charge in [-0.05, 0) is 26.2 Å². The molecule has 0 saturated carbocycles. The summed E-state index contributed by atoms with van der Waals surface area (Å²) in [6, 6.07) is 0.839. The normalized spacial score (nSPS) is 19.3. The SMILES string of the molecule is Cc1cc(CS(=O)(=O)CC(=O)N[C@H]2CCCCNC2=O)on1. The van der Waals surface area contributed by atoms with E-state index in [4.69, 9.17) is 4.52 Å². The van der Waals surface area contributed by atoms with Crippen LogP contribution in [0.25, 0.3) is 0 Å². The number of hydrogen-bond donors (Lipinski definition) is 2. The van der Waals surface area contributed by atoms with Crippen LogP contribution in [0.2, 0.25) is 0 Å². The van der Waals surface area contributed by atoms with Crippen LogP contribution in [-0.2, 0) is 25.2 Å². The van der Waals surface area contributed by atoms with Gasteiger partial charge in [-0.2, -0.15) is 0 Å². The molecule has 0 aliphatic carbocycles. The lowest BCUT2D eigenvalue weighted by molar-refractivity contribution is -0.127. The van der Waals surface area contributed by atoms with E-state index >= 15 is 0 Å². The van der Waals surface area contributed by atoms with Gasteiger partial charge in [-0.3, -0.25) is 9.59 Å². The molecule has 8 nitrogen and oxygen atoms in total. The van der Waals surface area contributed by atoms with E-state index in [1.54, 1.807) is 6.92 Å². The number of amides is 2. The summed E-state index contributed by atoms with van der Waals surface area (Å²) < 4.78 is 28.8. The number of nitrogens with zero attached hydrogens (tertiary/aromatic N) is 1. The van der Waals surface area contributed by atoms with Crippen molar-refractivity contribution in [1.82, 2.24) is 15.8 Å². The summed E-state index contributed by atoms with van der Waals surface area (Å²) in [6.07, 6.45) is 2.16. The lowest BCUT2D eigenvalue weighted by Gasteiger charge is -2.15. The fraction of sp³-hybridized carbons (Fsp3) is 0.615. The van der Waals surface area contributed by atoms with Gasteiger partial charge in [-0.1, -0.05) is 5.16 Å². The van der Waals surface area contributed by atoms with Gasteiger partial charge in [-0.25, -0.2) is 8.42 Å². The molecule has 1 aromatic heterocycles. The smallest absolute Gasteiger partial charge is 0.242 e. The fourth-order valence-corrected chi connectivity index (χ4v) is 3.42. The van der Waals surface area contributed by atoms with Crippen molar-refractivity contribution in [3.05, 3.63) is 17.5 Å². The van der Waals surface area contributed by atoms with E-state index in [0.29, 0.717) is 18.7 Å². The van der Waals surface area contributed by atoms with Gasteiger partial charge in [0.25, 0.3) is 0 Å². The van der Waals surface area contributed by atoms with E-state index in [1.807, 2.05) is 0 Å². The van der Waals surface area contributed by atoms with Gasteiger partial charge in [0.1, 0.15) is 17.5 Å². The molecule has 1 aliphatic heterocycles. The monoisotopic (exact) mass is 329 g/mol. The predicted octanol–water partition coefficient (Wildman–Crippen LogP) is -0.317. The molecule has 0 radical (unpaired) electrons. The van der Waals surface area contributed by atoms with Gasteiger partial charge in [0.05, 0.1) is 5.69 Å². The maximum Gasteiger partial charge on any atom is 0.242 e. The molecule has 1 atom stereocenters. The first-order valence-corrected chi connectivity index (χ1v) is 8.87. The number of aryl methyl sites for hydroxylation is 1. The van der Waals surface area contributed by atoms with E-state index in [-0.39, 0.29) is 11.7 Å². The second kappa shape index (κ2) is 6.91. The van der Waals surface area contributed by atoms with Crippen molar-refractivity contribution in [2.45, 2.75) is 38.0 Å². The van der Waals surface area contributed by atoms with E-state index in [2.05, 4.69) is 15.8 Å². The summed E-state index contributed by atoms with van der Waals surface area (Å²) in [4.78, 5) is 23.6. The second-order valence-electron chi connectivity index (χ2n) is 5.37. The van der Waals surface area contributed by atoms with Crippen molar-refractivity contribution in [2.75, 3.05) is 12.3 Å². The third-order valence-electron chi connectivity index (χ3n) is 3.26. The summed E-state index contributed by atoms with van der Waals surface area (Å²) in [7, 11) is -3.68. The summed E-state index contributed by atoms with van der Waals surface area (Å²) in [5.74, 6) is -1.83. The van der Waals surface area contributed by atoms with E-state index < -0.39 is 33.3 Å². The Bertz CT molecular complexity index is 652. The van der Waals surface area contributed by atoms with Crippen molar-refractivity contribution in [3.8, 4) is 0 Å². The van der Waals surface area contributed by atoms with Crippen LogP contribution in [0.15, 0.2) is 10.6 Å². The lowest BCUT2D eigenvalue weighted by Crippen LogP contribution is -2.47. The van der Waals surface area contributed by atoms with Crippen LogP contribution in [0.5, 0.6) is 0 Å². The molecule has 122 valence electrons. The quantitative estimate of drug-likeness (QED) is 0.764. The molecule has 0 aromatic carbocycles. The zero-order valence-corrected chi connectivity index (χ0v) is 13.1. The molecule has 2 rings (SSSR count). The van der Waals surface area contributed by atoms with Crippen molar-refractivity contribution in [1.29, 1.82) is 0 Å². The number of nitrogens with one attached hydrogen (secondary N) is 2. The highest BCUT2D eigenvalue weighted by atomic mass is 32.2. The zero-order valence-electron chi connectivity index (χ0n) is 12.3. The van der Waals surface area contributed by atoms with Crippen LogP contribution < -0.4 is 10.6 Å². The van der Waals surface area contributed by atoms with E-state index in [9.17, 15) is 18.0 Å². The minimum Gasteiger partial charge on any atom is -0.360 e. The molecule has 1 fully saturated rings. The van der Waals surface area contributed by atoms with Gasteiger partial charge >= 0.3 is 0 Å². The minimum atomic E-state index is -3.68. The molecule has 22 heavy (non-hydrogen) atoms. The average Bonchev–Trinajstić information content (AvgIpc) is 2.69. The number of rotatable bonds is 5. The number of hydrogen-bond acceptors (Lipinski definition) is 6. The minimum absolute atomic E-state index is 0.192. The van der Waals surface area contributed by atoms with Gasteiger partial charge < -0.3 is 15.2 Å². The van der Waals surface area contributed by atoms with Crippen LogP contribution in [-0.4, -0.2) is 43.7 Å². The maximum atomic E-state index is 12.0. The predicted molar refractivity (Wildman–Crippen MR) is 77.5 cm³/mol. The van der Waals surface area contributed by atoms with Crippen molar-refractivity contribution >= 4 is 21.7 Å². The van der Waals surface area contributed by atoms with Gasteiger partial charge in [0.15, 0.2) is 15.6 Å². The topological polar surface area (TPSA) is 118 Å². The Morgan fingerprint density at radius 1 is 1.50 bits per heavy atom. The molecule has 2 heterocycles. The highest BCUT2D eigenvalue weighted by Gasteiger charge is 2.25. The number of aromatic nitrogens is 1. The Labute approximate surface area is 128 Å². The molecule has 0 unspecified atom stereocenters. The molecule has 9 heteroatoms. The van der Waals surface area contributed by atoms with Crippen LogP contribution in [0, 0.1) is 6.92 Å². The molecular weight excluding hydrogens is 310 g/mol. The first kappa shape index (κ1) is 16.5. The number of sulfone groups is 1. The van der Waals surface area contributed by atoms with Gasteiger partial charge in [-0.15, -0.1) is 0 Å². The Morgan fingerprint density at radius 3 is 2.95 bits per heavy atom. The van der Waals surface area contributed by atoms with E-state index in [1.165, 1.54) is 6.07 Å². The van der Waals surface area contributed by atoms with Gasteiger partial charge in [0.2, 0.25) is 11.8 Å². The first-order chi connectivity index (χ1) is 10.4. The molecule has 0 bridgehead atoms. The largest absolute Gasteiger partial charge is 0.360 e. The molecule has 1 saturated heterocycles. The highest BCUT2D eigenvalue weighted by Crippen LogP contribution is 2.09. The summed E-state index contributed by atoms with van der Waals surface area (Å²) in [5.41, 5.74) is 0.574. The lowest BCUT2D eigenvalue weighted by atomic mass is 10.1. The number of carbonyl (C=O) groups excluding carboxylic acids is 2.